The third kappa shape index (κ3) is 3.76. The van der Waals surface area contributed by atoms with Gasteiger partial charge >= 0.3 is 0 Å². The first kappa shape index (κ1) is 15.4. The molecule has 1 aromatic rings. The van der Waals surface area contributed by atoms with Crippen LogP contribution in [0.1, 0.15) is 40.4 Å². The molecule has 0 spiro atoms. The van der Waals surface area contributed by atoms with Gasteiger partial charge in [-0.3, -0.25) is 4.79 Å². The maximum Gasteiger partial charge on any atom is 0.264 e. The summed E-state index contributed by atoms with van der Waals surface area (Å²) in [6, 6.07) is 2.39. The van der Waals surface area contributed by atoms with Gasteiger partial charge in [-0.25, -0.2) is 0 Å². The number of nitrogens with zero attached hydrogens (tertiary/aromatic N) is 1. The molecule has 0 radical (unpaired) electrons. The number of alkyl halides is 1. The van der Waals surface area contributed by atoms with E-state index in [0.29, 0.717) is 0 Å². The van der Waals surface area contributed by atoms with Crippen molar-refractivity contribution in [3.63, 3.8) is 0 Å². The van der Waals surface area contributed by atoms with Gasteiger partial charge in [-0.1, -0.05) is 15.9 Å². The van der Waals surface area contributed by atoms with Crippen LogP contribution in [0.2, 0.25) is 0 Å². The molecule has 0 bridgehead atoms. The summed E-state index contributed by atoms with van der Waals surface area (Å²) in [6.45, 7) is 5.02. The smallest absolute Gasteiger partial charge is 0.264 e. The Morgan fingerprint density at radius 1 is 1.53 bits per heavy atom. The largest absolute Gasteiger partial charge is 0.335 e. The van der Waals surface area contributed by atoms with Gasteiger partial charge in [0.05, 0.1) is 4.88 Å². The number of rotatable bonds is 5. The topological polar surface area (TPSA) is 20.3 Å². The van der Waals surface area contributed by atoms with Crippen LogP contribution in [-0.4, -0.2) is 34.5 Å². The van der Waals surface area contributed by atoms with Crippen LogP contribution in [0.5, 0.6) is 0 Å². The highest BCUT2D eigenvalue weighted by atomic mass is 79.9. The molecule has 1 aromatic heterocycles. The summed E-state index contributed by atoms with van der Waals surface area (Å²) >= 11 is 7.11. The van der Waals surface area contributed by atoms with E-state index in [1.54, 1.807) is 11.3 Å². The predicted molar refractivity (Wildman–Crippen MR) is 88.8 cm³/mol. The molecule has 0 saturated carbocycles. The van der Waals surface area contributed by atoms with Gasteiger partial charge in [0.15, 0.2) is 0 Å². The van der Waals surface area contributed by atoms with Gasteiger partial charge in [0.1, 0.15) is 0 Å². The van der Waals surface area contributed by atoms with Crippen molar-refractivity contribution in [1.82, 2.24) is 4.90 Å². The van der Waals surface area contributed by atoms with E-state index in [1.165, 1.54) is 16.2 Å². The molecule has 1 aliphatic heterocycles. The molecule has 1 amide bonds. The average molecular weight is 362 g/mol. The lowest BCUT2D eigenvalue weighted by molar-refractivity contribution is 0.0711. The van der Waals surface area contributed by atoms with Gasteiger partial charge in [0.2, 0.25) is 0 Å². The van der Waals surface area contributed by atoms with E-state index in [-0.39, 0.29) is 11.9 Å². The zero-order valence-corrected chi connectivity index (χ0v) is 14.7. The number of hydrogen-bond donors (Lipinski definition) is 0. The Kier molecular flexibility index (Phi) is 5.78. The molecular formula is C14H20BrNOS2. The molecule has 2 nitrogen and oxygen atoms in total. The minimum atomic E-state index is 0.209. The first-order chi connectivity index (χ1) is 9.13. The quantitative estimate of drug-likeness (QED) is 0.733. The number of thiophene rings is 1. The van der Waals surface area contributed by atoms with E-state index in [0.717, 1.165) is 35.3 Å². The van der Waals surface area contributed by atoms with Crippen molar-refractivity contribution in [1.29, 1.82) is 0 Å². The Bertz CT molecular complexity index is 421. The van der Waals surface area contributed by atoms with Crippen LogP contribution in [0.3, 0.4) is 0 Å². The number of carbonyl (C=O) groups excluding carboxylic acids is 1. The third-order valence-electron chi connectivity index (χ3n) is 3.26. The van der Waals surface area contributed by atoms with Crippen LogP contribution in [0.4, 0.5) is 0 Å². The van der Waals surface area contributed by atoms with Gasteiger partial charge in [0, 0.05) is 28.5 Å². The first-order valence-corrected chi connectivity index (χ1v) is 9.79. The minimum absolute atomic E-state index is 0.209. The summed E-state index contributed by atoms with van der Waals surface area (Å²) in [4.78, 5) is 17.0. The molecule has 2 heterocycles. The van der Waals surface area contributed by atoms with Gasteiger partial charge in [0.25, 0.3) is 5.91 Å². The average Bonchev–Trinajstić information content (AvgIpc) is 2.82. The van der Waals surface area contributed by atoms with Gasteiger partial charge < -0.3 is 4.90 Å². The number of fused-ring (bicyclic) bond motifs is 1. The van der Waals surface area contributed by atoms with Crippen molar-refractivity contribution in [2.45, 2.75) is 38.5 Å². The Morgan fingerprint density at radius 2 is 2.32 bits per heavy atom. The summed E-state index contributed by atoms with van der Waals surface area (Å²) in [5, 5.41) is 0.946. The molecule has 0 fully saturated rings. The van der Waals surface area contributed by atoms with Crippen molar-refractivity contribution < 1.29 is 4.79 Å². The highest BCUT2D eigenvalue weighted by molar-refractivity contribution is 9.09. The molecular weight excluding hydrogens is 342 g/mol. The Balaban J connectivity index is 2.14. The van der Waals surface area contributed by atoms with Crippen molar-refractivity contribution in [3.05, 3.63) is 21.4 Å². The summed E-state index contributed by atoms with van der Waals surface area (Å²) in [7, 11) is 0. The van der Waals surface area contributed by atoms with Crippen molar-refractivity contribution >= 4 is 44.9 Å². The SMILES string of the molecule is CC(C)N(CCCBr)C(=O)c1cc2c(s1)CCSC2. The fraction of sp³-hybridized carbons (Fsp3) is 0.643. The maximum absolute atomic E-state index is 12.6. The number of aryl methyl sites for hydroxylation is 1. The molecule has 5 heteroatoms. The number of thioether (sulfide) groups is 1. The first-order valence-electron chi connectivity index (χ1n) is 6.69. The standard InChI is InChI=1S/C14H20BrNOS2/c1-10(2)16(6-3-5-15)14(17)13-8-11-9-18-7-4-12(11)19-13/h8,10H,3-7,9H2,1-2H3. The second kappa shape index (κ2) is 7.14. The van der Waals surface area contributed by atoms with Crippen molar-refractivity contribution in [2.24, 2.45) is 0 Å². The summed E-state index contributed by atoms with van der Waals surface area (Å²) in [6.07, 6.45) is 2.13. The van der Waals surface area contributed by atoms with Crippen LogP contribution in [0.25, 0.3) is 0 Å². The zero-order valence-electron chi connectivity index (χ0n) is 11.4. The van der Waals surface area contributed by atoms with Crippen molar-refractivity contribution in [2.75, 3.05) is 17.6 Å². The van der Waals surface area contributed by atoms with Gasteiger partial charge in [-0.05, 0) is 44.1 Å². The minimum Gasteiger partial charge on any atom is -0.335 e. The number of amides is 1. The van der Waals surface area contributed by atoms with E-state index in [4.69, 9.17) is 0 Å². The fourth-order valence-corrected chi connectivity index (χ4v) is 4.80. The molecule has 0 aliphatic carbocycles. The summed E-state index contributed by atoms with van der Waals surface area (Å²) < 4.78 is 0. The Labute approximate surface area is 132 Å². The highest BCUT2D eigenvalue weighted by Crippen LogP contribution is 2.32. The van der Waals surface area contributed by atoms with Crippen LogP contribution in [-0.2, 0) is 12.2 Å². The van der Waals surface area contributed by atoms with Crippen LogP contribution < -0.4 is 0 Å². The number of hydrogen-bond acceptors (Lipinski definition) is 3. The monoisotopic (exact) mass is 361 g/mol. The lowest BCUT2D eigenvalue weighted by Gasteiger charge is -2.26. The summed E-state index contributed by atoms with van der Waals surface area (Å²) in [5.74, 6) is 2.47. The van der Waals surface area contributed by atoms with Crippen LogP contribution in [0, 0.1) is 0 Å². The normalized spacial score (nSPS) is 14.5. The lowest BCUT2D eigenvalue weighted by Crippen LogP contribution is -2.37. The molecule has 19 heavy (non-hydrogen) atoms. The predicted octanol–water partition coefficient (Wildman–Crippen LogP) is 4.17. The van der Waals surface area contributed by atoms with Crippen molar-refractivity contribution in [3.8, 4) is 0 Å². The zero-order chi connectivity index (χ0) is 13.8. The van der Waals surface area contributed by atoms with E-state index >= 15 is 0 Å². The Hall–Kier alpha value is -0.000000000000000111. The third-order valence-corrected chi connectivity index (χ3v) is 6.05. The molecule has 2 rings (SSSR count). The molecule has 0 N–H and O–H groups in total. The fourth-order valence-electron chi connectivity index (χ4n) is 2.22. The van der Waals surface area contributed by atoms with E-state index < -0.39 is 0 Å². The molecule has 0 saturated heterocycles. The second-order valence-corrected chi connectivity index (χ2v) is 8.03. The molecule has 1 aliphatic rings. The van der Waals surface area contributed by atoms with Crippen LogP contribution >= 0.6 is 39.0 Å². The van der Waals surface area contributed by atoms with E-state index in [9.17, 15) is 4.79 Å². The summed E-state index contributed by atoms with van der Waals surface area (Å²) in [5.41, 5.74) is 1.38. The lowest BCUT2D eigenvalue weighted by atomic mass is 10.2. The number of carbonyl (C=O) groups is 1. The van der Waals surface area contributed by atoms with Gasteiger partial charge in [-0.15, -0.1) is 11.3 Å². The number of halogens is 1. The van der Waals surface area contributed by atoms with Crippen LogP contribution in [0.15, 0.2) is 6.07 Å². The van der Waals surface area contributed by atoms with Gasteiger partial charge in [-0.2, -0.15) is 11.8 Å². The Morgan fingerprint density at radius 3 is 2.95 bits per heavy atom. The van der Waals surface area contributed by atoms with E-state index in [1.807, 2.05) is 16.7 Å². The highest BCUT2D eigenvalue weighted by Gasteiger charge is 2.23. The maximum atomic E-state index is 12.6. The molecule has 0 unspecified atom stereocenters. The molecule has 106 valence electrons. The second-order valence-electron chi connectivity index (χ2n) is 5.00. The molecule has 0 atom stereocenters. The van der Waals surface area contributed by atoms with E-state index in [2.05, 4.69) is 35.8 Å². The molecule has 0 aromatic carbocycles.